The second kappa shape index (κ2) is 4.76. The molecule has 2 aromatic carbocycles. The first-order valence-electron chi connectivity index (χ1n) is 6.47. The van der Waals surface area contributed by atoms with Gasteiger partial charge in [-0.1, -0.05) is 36.4 Å². The van der Waals surface area contributed by atoms with Crippen LogP contribution in [0.5, 0.6) is 0 Å². The van der Waals surface area contributed by atoms with Crippen molar-refractivity contribution in [2.75, 3.05) is 17.2 Å². The lowest BCUT2D eigenvalue weighted by molar-refractivity contribution is -0.117. The number of carbonyl (C=O) groups excluding carboxylic acids is 1. The molecule has 1 heterocycles. The van der Waals surface area contributed by atoms with E-state index in [4.69, 9.17) is 5.73 Å². The molecule has 3 nitrogen and oxygen atoms in total. The maximum Gasteiger partial charge on any atom is 0.231 e. The molecule has 1 amide bonds. The molecule has 3 heteroatoms. The Morgan fingerprint density at radius 1 is 1.16 bits per heavy atom. The van der Waals surface area contributed by atoms with Crippen molar-refractivity contribution in [2.45, 2.75) is 12.8 Å². The number of nitrogens with two attached hydrogens (primary N) is 1. The molecular weight excluding hydrogens is 236 g/mol. The van der Waals surface area contributed by atoms with Crippen molar-refractivity contribution in [2.24, 2.45) is 0 Å². The Balaban J connectivity index is 1.82. The second-order valence-corrected chi connectivity index (χ2v) is 4.85. The number of benzene rings is 2. The van der Waals surface area contributed by atoms with Gasteiger partial charge < -0.3 is 10.6 Å². The van der Waals surface area contributed by atoms with Crippen LogP contribution >= 0.6 is 0 Å². The molecule has 19 heavy (non-hydrogen) atoms. The summed E-state index contributed by atoms with van der Waals surface area (Å²) in [7, 11) is 0. The number of rotatable bonds is 2. The van der Waals surface area contributed by atoms with Crippen LogP contribution in [0.1, 0.15) is 11.1 Å². The molecule has 0 radical (unpaired) electrons. The number of fused-ring (bicyclic) bond motifs is 1. The predicted molar refractivity (Wildman–Crippen MR) is 77.1 cm³/mol. The first kappa shape index (κ1) is 11.8. The summed E-state index contributed by atoms with van der Waals surface area (Å²) >= 11 is 0. The van der Waals surface area contributed by atoms with E-state index < -0.39 is 0 Å². The van der Waals surface area contributed by atoms with E-state index in [0.29, 0.717) is 12.1 Å². The van der Waals surface area contributed by atoms with Gasteiger partial charge in [-0.15, -0.1) is 0 Å². The number of nitrogen functional groups attached to an aromatic ring is 1. The van der Waals surface area contributed by atoms with Crippen molar-refractivity contribution in [1.82, 2.24) is 0 Å². The van der Waals surface area contributed by atoms with Crippen LogP contribution in [-0.4, -0.2) is 12.5 Å². The normalized spacial score (nSPS) is 13.4. The van der Waals surface area contributed by atoms with Crippen molar-refractivity contribution < 1.29 is 4.79 Å². The third-order valence-corrected chi connectivity index (χ3v) is 3.50. The van der Waals surface area contributed by atoms with Crippen LogP contribution in [0.4, 0.5) is 11.4 Å². The summed E-state index contributed by atoms with van der Waals surface area (Å²) in [6, 6.07) is 15.6. The first-order valence-corrected chi connectivity index (χ1v) is 6.47. The van der Waals surface area contributed by atoms with Crippen LogP contribution in [0.25, 0.3) is 0 Å². The van der Waals surface area contributed by atoms with E-state index in [-0.39, 0.29) is 5.91 Å². The molecule has 0 saturated heterocycles. The van der Waals surface area contributed by atoms with E-state index in [0.717, 1.165) is 24.2 Å². The summed E-state index contributed by atoms with van der Waals surface area (Å²) < 4.78 is 0. The highest BCUT2D eigenvalue weighted by atomic mass is 16.2. The zero-order chi connectivity index (χ0) is 13.2. The minimum absolute atomic E-state index is 0.135. The highest BCUT2D eigenvalue weighted by Crippen LogP contribution is 2.30. The molecule has 1 aliphatic rings. The molecule has 2 N–H and O–H groups in total. The lowest BCUT2D eigenvalue weighted by atomic mass is 10.1. The fourth-order valence-electron chi connectivity index (χ4n) is 2.52. The van der Waals surface area contributed by atoms with Crippen LogP contribution in [-0.2, 0) is 17.6 Å². The number of anilines is 2. The summed E-state index contributed by atoms with van der Waals surface area (Å²) in [5.74, 6) is 0.135. The molecule has 2 aromatic rings. The zero-order valence-corrected chi connectivity index (χ0v) is 10.7. The summed E-state index contributed by atoms with van der Waals surface area (Å²) in [5, 5.41) is 0. The lowest BCUT2D eigenvalue weighted by Crippen LogP contribution is -2.30. The Hall–Kier alpha value is -2.29. The van der Waals surface area contributed by atoms with Crippen LogP contribution in [0.2, 0.25) is 0 Å². The minimum Gasteiger partial charge on any atom is -0.399 e. The van der Waals surface area contributed by atoms with E-state index in [1.807, 2.05) is 53.4 Å². The second-order valence-electron chi connectivity index (χ2n) is 4.85. The molecule has 0 aromatic heterocycles. The average Bonchev–Trinajstić information content (AvgIpc) is 2.82. The van der Waals surface area contributed by atoms with Crippen LogP contribution in [0.3, 0.4) is 0 Å². The van der Waals surface area contributed by atoms with Gasteiger partial charge in [0.1, 0.15) is 0 Å². The minimum atomic E-state index is 0.135. The molecular formula is C16H16N2O. The zero-order valence-electron chi connectivity index (χ0n) is 10.7. The van der Waals surface area contributed by atoms with E-state index in [2.05, 4.69) is 0 Å². The largest absolute Gasteiger partial charge is 0.399 e. The number of amides is 1. The van der Waals surface area contributed by atoms with Gasteiger partial charge >= 0.3 is 0 Å². The fraction of sp³-hybridized carbons (Fsp3) is 0.188. The van der Waals surface area contributed by atoms with Gasteiger partial charge in [-0.05, 0) is 29.7 Å². The SMILES string of the molecule is Nc1ccc2c(c1)N(C(=O)Cc1ccccc1)CC2. The van der Waals surface area contributed by atoms with Crippen molar-refractivity contribution in [3.63, 3.8) is 0 Å². The Bertz CT molecular complexity index is 607. The van der Waals surface area contributed by atoms with E-state index in [9.17, 15) is 4.79 Å². The van der Waals surface area contributed by atoms with Crippen molar-refractivity contribution >= 4 is 17.3 Å². The summed E-state index contributed by atoms with van der Waals surface area (Å²) in [6.45, 7) is 0.754. The van der Waals surface area contributed by atoms with Gasteiger partial charge in [-0.2, -0.15) is 0 Å². The predicted octanol–water partition coefficient (Wildman–Crippen LogP) is 2.40. The summed E-state index contributed by atoms with van der Waals surface area (Å²) in [6.07, 6.45) is 1.35. The van der Waals surface area contributed by atoms with E-state index >= 15 is 0 Å². The summed E-state index contributed by atoms with van der Waals surface area (Å²) in [5.41, 5.74) is 9.74. The Morgan fingerprint density at radius 3 is 2.74 bits per heavy atom. The van der Waals surface area contributed by atoms with Gasteiger partial charge in [0.25, 0.3) is 0 Å². The first-order chi connectivity index (χ1) is 9.24. The monoisotopic (exact) mass is 252 g/mol. The molecule has 0 aliphatic carbocycles. The van der Waals surface area contributed by atoms with Crippen molar-refractivity contribution in [1.29, 1.82) is 0 Å². The Labute approximate surface area is 112 Å². The maximum atomic E-state index is 12.4. The molecule has 0 spiro atoms. The van der Waals surface area contributed by atoms with Gasteiger partial charge in [-0.25, -0.2) is 0 Å². The molecule has 0 saturated carbocycles. The van der Waals surface area contributed by atoms with Gasteiger partial charge in [-0.3, -0.25) is 4.79 Å². The highest BCUT2D eigenvalue weighted by Gasteiger charge is 2.24. The third-order valence-electron chi connectivity index (χ3n) is 3.50. The molecule has 0 bridgehead atoms. The number of hydrogen-bond acceptors (Lipinski definition) is 2. The third kappa shape index (κ3) is 2.32. The smallest absolute Gasteiger partial charge is 0.231 e. The summed E-state index contributed by atoms with van der Waals surface area (Å²) in [4.78, 5) is 14.2. The van der Waals surface area contributed by atoms with Crippen molar-refractivity contribution in [3.05, 3.63) is 59.7 Å². The molecule has 96 valence electrons. The molecule has 0 fully saturated rings. The maximum absolute atomic E-state index is 12.4. The fourth-order valence-corrected chi connectivity index (χ4v) is 2.52. The highest BCUT2D eigenvalue weighted by molar-refractivity contribution is 5.97. The van der Waals surface area contributed by atoms with Gasteiger partial charge in [0.2, 0.25) is 5.91 Å². The van der Waals surface area contributed by atoms with Crippen LogP contribution in [0.15, 0.2) is 48.5 Å². The Kier molecular flexibility index (Phi) is 2.95. The van der Waals surface area contributed by atoms with Gasteiger partial charge in [0.05, 0.1) is 6.42 Å². The lowest BCUT2D eigenvalue weighted by Gasteiger charge is -2.17. The molecule has 3 rings (SSSR count). The Morgan fingerprint density at radius 2 is 1.95 bits per heavy atom. The van der Waals surface area contributed by atoms with E-state index in [1.165, 1.54) is 5.56 Å². The van der Waals surface area contributed by atoms with Gasteiger partial charge in [0, 0.05) is 17.9 Å². The van der Waals surface area contributed by atoms with Gasteiger partial charge in [0.15, 0.2) is 0 Å². The quantitative estimate of drug-likeness (QED) is 0.834. The number of nitrogens with zero attached hydrogens (tertiary/aromatic N) is 1. The van der Waals surface area contributed by atoms with Crippen molar-refractivity contribution in [3.8, 4) is 0 Å². The molecule has 0 unspecified atom stereocenters. The number of carbonyl (C=O) groups is 1. The van der Waals surface area contributed by atoms with Crippen LogP contribution in [0, 0.1) is 0 Å². The molecule has 0 atom stereocenters. The average molecular weight is 252 g/mol. The van der Waals surface area contributed by atoms with E-state index in [1.54, 1.807) is 0 Å². The standard InChI is InChI=1S/C16H16N2O/c17-14-7-6-13-8-9-18(15(13)11-14)16(19)10-12-4-2-1-3-5-12/h1-7,11H,8-10,17H2. The van der Waals surface area contributed by atoms with Crippen LogP contribution < -0.4 is 10.6 Å². The topological polar surface area (TPSA) is 46.3 Å². The molecule has 1 aliphatic heterocycles. The number of hydrogen-bond donors (Lipinski definition) is 1.